The van der Waals surface area contributed by atoms with Gasteiger partial charge in [0, 0.05) is 44.1 Å². The van der Waals surface area contributed by atoms with E-state index in [1.807, 2.05) is 24.3 Å². The summed E-state index contributed by atoms with van der Waals surface area (Å²) in [5.74, 6) is 0.330. The van der Waals surface area contributed by atoms with Crippen LogP contribution in [0.15, 0.2) is 66.0 Å². The van der Waals surface area contributed by atoms with Crippen molar-refractivity contribution in [2.45, 2.75) is 24.3 Å². The van der Waals surface area contributed by atoms with Crippen LogP contribution in [-0.2, 0) is 21.4 Å². The molecule has 0 bridgehead atoms. The van der Waals surface area contributed by atoms with Gasteiger partial charge >= 0.3 is 0 Å². The number of nitrogens with one attached hydrogen (secondary N) is 1. The number of amides is 1. The van der Waals surface area contributed by atoms with Crippen LogP contribution in [0.4, 0.5) is 0 Å². The van der Waals surface area contributed by atoms with Crippen molar-refractivity contribution in [3.8, 4) is 11.9 Å². The van der Waals surface area contributed by atoms with Gasteiger partial charge in [0.15, 0.2) is 5.82 Å². The van der Waals surface area contributed by atoms with Gasteiger partial charge in [-0.05, 0) is 42.7 Å². The predicted octanol–water partition coefficient (Wildman–Crippen LogP) is 1.86. The zero-order valence-electron chi connectivity index (χ0n) is 17.3. The van der Waals surface area contributed by atoms with Crippen molar-refractivity contribution in [1.82, 2.24) is 24.4 Å². The van der Waals surface area contributed by atoms with Crippen LogP contribution >= 0.6 is 0 Å². The minimum atomic E-state index is -3.77. The number of nitriles is 1. The first-order valence-corrected chi connectivity index (χ1v) is 11.6. The third-order valence-corrected chi connectivity index (χ3v) is 7.42. The first-order chi connectivity index (χ1) is 15.5. The molecule has 0 unspecified atom stereocenters. The third kappa shape index (κ3) is 4.54. The van der Waals surface area contributed by atoms with E-state index in [1.54, 1.807) is 35.4 Å². The summed E-state index contributed by atoms with van der Waals surface area (Å²) in [5, 5.41) is 16.3. The predicted molar refractivity (Wildman–Crippen MR) is 116 cm³/mol. The Balaban J connectivity index is 1.31. The van der Waals surface area contributed by atoms with E-state index >= 15 is 0 Å². The lowest BCUT2D eigenvalue weighted by molar-refractivity contribution is -0.126. The van der Waals surface area contributed by atoms with Crippen molar-refractivity contribution >= 4 is 15.9 Å². The van der Waals surface area contributed by atoms with Gasteiger partial charge in [-0.25, -0.2) is 18.1 Å². The highest BCUT2D eigenvalue weighted by Gasteiger charge is 2.33. The molecule has 0 aliphatic carbocycles. The van der Waals surface area contributed by atoms with Crippen LogP contribution in [0.1, 0.15) is 24.0 Å². The molecule has 1 aromatic carbocycles. The van der Waals surface area contributed by atoms with Crippen molar-refractivity contribution < 1.29 is 13.2 Å². The Labute approximate surface area is 186 Å². The number of sulfonamides is 1. The standard InChI is InChI=1S/C22H22N6O3S/c23-14-19-4-1-2-5-20(19)32(30,31)27-12-8-18(9-13-27)22(29)25-16-17-6-7-21(24-15-17)28-11-3-10-26-28/h1-7,10-11,15,18H,8-9,12-13,16H2,(H,25,29). The average Bonchev–Trinajstić information content (AvgIpc) is 3.38. The highest BCUT2D eigenvalue weighted by Crippen LogP contribution is 2.25. The Kier molecular flexibility index (Phi) is 6.30. The van der Waals surface area contributed by atoms with E-state index in [1.165, 1.54) is 16.4 Å². The molecule has 4 rings (SSSR count). The molecule has 1 fully saturated rings. The largest absolute Gasteiger partial charge is 0.352 e. The molecule has 9 nitrogen and oxygen atoms in total. The van der Waals surface area contributed by atoms with Crippen LogP contribution < -0.4 is 5.32 Å². The first-order valence-electron chi connectivity index (χ1n) is 10.2. The molecular formula is C22H22N6O3S. The molecule has 0 atom stereocenters. The van der Waals surface area contributed by atoms with Crippen LogP contribution in [0.3, 0.4) is 0 Å². The Morgan fingerprint density at radius 1 is 1.16 bits per heavy atom. The molecule has 0 saturated carbocycles. The van der Waals surface area contributed by atoms with Gasteiger partial charge in [-0.2, -0.15) is 14.7 Å². The smallest absolute Gasteiger partial charge is 0.244 e. The average molecular weight is 451 g/mol. The summed E-state index contributed by atoms with van der Waals surface area (Å²) in [6, 6.07) is 13.6. The summed E-state index contributed by atoms with van der Waals surface area (Å²) in [6.07, 6.45) is 6.02. The van der Waals surface area contributed by atoms with Crippen molar-refractivity contribution in [3.63, 3.8) is 0 Å². The summed E-state index contributed by atoms with van der Waals surface area (Å²) in [5.41, 5.74) is 0.988. The molecule has 1 aliphatic heterocycles. The van der Waals surface area contributed by atoms with Crippen LogP contribution in [0.2, 0.25) is 0 Å². The van der Waals surface area contributed by atoms with Gasteiger partial charge in [0.05, 0.1) is 10.5 Å². The number of nitrogens with zero attached hydrogens (tertiary/aromatic N) is 5. The quantitative estimate of drug-likeness (QED) is 0.612. The molecule has 164 valence electrons. The van der Waals surface area contributed by atoms with Gasteiger partial charge in [-0.1, -0.05) is 18.2 Å². The minimum Gasteiger partial charge on any atom is -0.352 e. The number of pyridine rings is 1. The summed E-state index contributed by atoms with van der Waals surface area (Å²) >= 11 is 0. The number of carbonyl (C=O) groups is 1. The number of carbonyl (C=O) groups excluding carboxylic acids is 1. The SMILES string of the molecule is N#Cc1ccccc1S(=O)(=O)N1CCC(C(=O)NCc2ccc(-n3cccn3)nc2)CC1. The monoisotopic (exact) mass is 450 g/mol. The summed E-state index contributed by atoms with van der Waals surface area (Å²) in [4.78, 5) is 17.0. The van der Waals surface area contributed by atoms with Gasteiger partial charge in [0.1, 0.15) is 6.07 Å². The minimum absolute atomic E-state index is 0.0106. The second-order valence-electron chi connectivity index (χ2n) is 7.48. The maximum absolute atomic E-state index is 12.9. The Morgan fingerprint density at radius 2 is 1.94 bits per heavy atom. The summed E-state index contributed by atoms with van der Waals surface area (Å²) < 4.78 is 28.9. The topological polar surface area (TPSA) is 121 Å². The number of piperidine rings is 1. The molecule has 1 N–H and O–H groups in total. The van der Waals surface area contributed by atoms with E-state index in [0.29, 0.717) is 25.2 Å². The van der Waals surface area contributed by atoms with E-state index < -0.39 is 10.0 Å². The molecule has 10 heteroatoms. The fraction of sp³-hybridized carbons (Fsp3) is 0.273. The van der Waals surface area contributed by atoms with Crippen molar-refractivity contribution in [2.24, 2.45) is 5.92 Å². The molecular weight excluding hydrogens is 428 g/mol. The van der Waals surface area contributed by atoms with Gasteiger partial charge in [-0.15, -0.1) is 0 Å². The number of hydrogen-bond acceptors (Lipinski definition) is 6. The van der Waals surface area contributed by atoms with Crippen molar-refractivity contribution in [1.29, 1.82) is 5.26 Å². The molecule has 1 aliphatic rings. The Bertz CT molecular complexity index is 1230. The molecule has 3 heterocycles. The summed E-state index contributed by atoms with van der Waals surface area (Å²) in [7, 11) is -3.77. The van der Waals surface area contributed by atoms with E-state index in [4.69, 9.17) is 0 Å². The molecule has 3 aromatic rings. The Morgan fingerprint density at radius 3 is 2.59 bits per heavy atom. The van der Waals surface area contributed by atoms with Gasteiger partial charge in [-0.3, -0.25) is 4.79 Å². The second kappa shape index (κ2) is 9.30. The third-order valence-electron chi connectivity index (χ3n) is 5.47. The van der Waals surface area contributed by atoms with Gasteiger partial charge < -0.3 is 5.32 Å². The molecule has 32 heavy (non-hydrogen) atoms. The molecule has 2 aromatic heterocycles. The van der Waals surface area contributed by atoms with E-state index in [2.05, 4.69) is 15.4 Å². The lowest BCUT2D eigenvalue weighted by Crippen LogP contribution is -2.43. The van der Waals surface area contributed by atoms with Gasteiger partial charge in [0.25, 0.3) is 0 Å². The first kappa shape index (κ1) is 21.7. The highest BCUT2D eigenvalue weighted by molar-refractivity contribution is 7.89. The normalized spacial score (nSPS) is 15.2. The lowest BCUT2D eigenvalue weighted by Gasteiger charge is -2.30. The van der Waals surface area contributed by atoms with Crippen LogP contribution in [0, 0.1) is 17.2 Å². The zero-order valence-corrected chi connectivity index (χ0v) is 18.1. The fourth-order valence-corrected chi connectivity index (χ4v) is 5.29. The zero-order chi connectivity index (χ0) is 22.6. The summed E-state index contributed by atoms with van der Waals surface area (Å²) in [6.45, 7) is 0.819. The van der Waals surface area contributed by atoms with E-state index in [0.717, 1.165) is 5.56 Å². The maximum atomic E-state index is 12.9. The molecule has 1 amide bonds. The van der Waals surface area contributed by atoms with E-state index in [9.17, 15) is 18.5 Å². The highest BCUT2D eigenvalue weighted by atomic mass is 32.2. The molecule has 0 radical (unpaired) electrons. The molecule has 1 saturated heterocycles. The van der Waals surface area contributed by atoms with Crippen LogP contribution in [0.5, 0.6) is 0 Å². The van der Waals surface area contributed by atoms with Crippen molar-refractivity contribution in [2.75, 3.05) is 13.1 Å². The molecule has 0 spiro atoms. The van der Waals surface area contributed by atoms with Crippen LogP contribution in [-0.4, -0.2) is 46.5 Å². The number of benzene rings is 1. The number of rotatable bonds is 6. The number of hydrogen-bond donors (Lipinski definition) is 1. The lowest BCUT2D eigenvalue weighted by atomic mass is 9.97. The fourth-order valence-electron chi connectivity index (χ4n) is 3.68. The number of aromatic nitrogens is 3. The van der Waals surface area contributed by atoms with Crippen molar-refractivity contribution in [3.05, 3.63) is 72.2 Å². The second-order valence-corrected chi connectivity index (χ2v) is 9.39. The Hall–Kier alpha value is -3.55. The van der Waals surface area contributed by atoms with Crippen LogP contribution in [0.25, 0.3) is 5.82 Å². The maximum Gasteiger partial charge on any atom is 0.244 e. The van der Waals surface area contributed by atoms with Gasteiger partial charge in [0.2, 0.25) is 15.9 Å². The van der Waals surface area contributed by atoms with E-state index in [-0.39, 0.29) is 35.4 Å².